The van der Waals surface area contributed by atoms with Crippen molar-refractivity contribution in [2.75, 3.05) is 0 Å². The first-order valence-electron chi connectivity index (χ1n) is 6.23. The molecule has 27 heavy (non-hydrogen) atoms. The molecular formula is C17H36N3O5S2+. The Morgan fingerprint density at radius 3 is 1.15 bits per heavy atom. The molecule has 0 unspecified atom stereocenters. The molecule has 160 valence electrons. The van der Waals surface area contributed by atoms with Gasteiger partial charge >= 0.3 is 12.9 Å². The lowest BCUT2D eigenvalue weighted by Gasteiger charge is -1.77. The molecule has 0 aromatic carbocycles. The van der Waals surface area contributed by atoms with E-state index in [1.54, 1.807) is 12.2 Å². The molecule has 0 bridgehead atoms. The molecular weight excluding hydrogens is 390 g/mol. The van der Waals surface area contributed by atoms with Gasteiger partial charge in [-0.15, -0.1) is 49.3 Å². The van der Waals surface area contributed by atoms with Crippen LogP contribution in [0.15, 0.2) is 38.5 Å². The van der Waals surface area contributed by atoms with Crippen molar-refractivity contribution in [2.45, 2.75) is 33.7 Å². The number of rotatable bonds is 5. The van der Waals surface area contributed by atoms with Gasteiger partial charge in [-0.1, -0.05) is 32.7 Å². The Bertz CT molecular complexity index is 254. The maximum absolute atomic E-state index is 9.17. The third-order valence-electron chi connectivity index (χ3n) is 0.470. The van der Waals surface area contributed by atoms with Gasteiger partial charge in [0, 0.05) is 0 Å². The number of carbonyl (C=O) groups is 4. The maximum atomic E-state index is 9.17. The van der Waals surface area contributed by atoms with Crippen molar-refractivity contribution < 1.29 is 29.6 Å². The van der Waals surface area contributed by atoms with Gasteiger partial charge in [0.05, 0.1) is 12.5 Å². The van der Waals surface area contributed by atoms with Gasteiger partial charge in [0.1, 0.15) is 12.6 Å². The van der Waals surface area contributed by atoms with E-state index in [1.165, 1.54) is 0 Å². The molecule has 0 saturated carbocycles. The van der Waals surface area contributed by atoms with E-state index in [-0.39, 0.29) is 26.8 Å². The van der Waals surface area contributed by atoms with Crippen molar-refractivity contribution in [1.82, 2.24) is 0 Å². The standard InChI is InChI=1S/C4H6.C3H9N.C3H4O2.C2H2O3.C2H4.C2H2.CH4.H2N2.H2S2/c1-3-4-2;1-3(2)4;4-2-1-3-5;3-1-5-2-4;2*1-2;;2*1-2/h3-4H,1-2H2;3H,4H2,1-2H3;2-3H,1H2;1-2H;1-2H2;1-2H;1H4;2*1-2H/p+1. The third kappa shape index (κ3) is 1720. The Balaban J connectivity index is -0.0000000202. The zero-order valence-corrected chi connectivity index (χ0v) is 17.2. The van der Waals surface area contributed by atoms with Crippen LogP contribution in [0.3, 0.4) is 0 Å². The van der Waals surface area contributed by atoms with Gasteiger partial charge in [0.25, 0.3) is 0 Å². The second-order valence-electron chi connectivity index (χ2n) is 2.76. The Morgan fingerprint density at radius 1 is 0.963 bits per heavy atom. The van der Waals surface area contributed by atoms with E-state index in [4.69, 9.17) is 20.7 Å². The van der Waals surface area contributed by atoms with Gasteiger partial charge in [-0.05, 0) is 13.8 Å². The van der Waals surface area contributed by atoms with Crippen LogP contribution >= 0.6 is 23.3 Å². The fourth-order valence-electron chi connectivity index (χ4n) is 0.0620. The normalized spacial score (nSPS) is 4.89. The highest BCUT2D eigenvalue weighted by Gasteiger charge is 1.72. The van der Waals surface area contributed by atoms with Crippen LogP contribution in [0.5, 0.6) is 0 Å². The molecule has 10 heteroatoms. The van der Waals surface area contributed by atoms with Crippen LogP contribution < -0.4 is 5.73 Å². The third-order valence-corrected chi connectivity index (χ3v) is 0.470. The topological polar surface area (TPSA) is 153 Å². The number of quaternary nitrogens is 1. The Hall–Kier alpha value is -2.48. The van der Waals surface area contributed by atoms with E-state index in [9.17, 15) is 9.59 Å². The van der Waals surface area contributed by atoms with E-state index in [0.29, 0.717) is 18.6 Å². The van der Waals surface area contributed by atoms with E-state index in [0.717, 1.165) is 0 Å². The van der Waals surface area contributed by atoms with Gasteiger partial charge < -0.3 is 20.1 Å². The summed E-state index contributed by atoms with van der Waals surface area (Å²) in [6.07, 6.45) is 12.4. The number of ether oxygens (including phenoxy) is 1. The highest BCUT2D eigenvalue weighted by molar-refractivity contribution is 8.59. The van der Waals surface area contributed by atoms with Gasteiger partial charge in [0.15, 0.2) is 0 Å². The molecule has 0 atom stereocenters. The van der Waals surface area contributed by atoms with Crippen molar-refractivity contribution in [3.63, 3.8) is 0 Å². The lowest BCUT2D eigenvalue weighted by Crippen LogP contribution is -2.57. The molecule has 0 radical (unpaired) electrons. The van der Waals surface area contributed by atoms with Crippen LogP contribution in [0.2, 0.25) is 0 Å². The number of hydrogen-bond acceptors (Lipinski definition) is 9. The average Bonchev–Trinajstić information content (AvgIpc) is 2.70. The summed E-state index contributed by atoms with van der Waals surface area (Å²) in [7, 11) is 0. The molecule has 5 N–H and O–H groups in total. The summed E-state index contributed by atoms with van der Waals surface area (Å²) in [4.78, 5) is 36.2. The molecule has 0 aromatic rings. The van der Waals surface area contributed by atoms with Crippen molar-refractivity contribution in [2.24, 2.45) is 0 Å². The maximum Gasteiger partial charge on any atom is 0.300 e. The first-order chi connectivity index (χ1) is 12.5. The van der Waals surface area contributed by atoms with Crippen molar-refractivity contribution in [3.05, 3.63) is 38.5 Å². The number of nitrogens with one attached hydrogen (secondary N) is 2. The minimum atomic E-state index is 0. The quantitative estimate of drug-likeness (QED) is 0.0668. The first kappa shape index (κ1) is 56.3. The number of thiol groups is 2. The molecule has 0 heterocycles. The summed E-state index contributed by atoms with van der Waals surface area (Å²) in [5.41, 5.74) is 13.6. The number of hydrogen-bond donors (Lipinski definition) is 5. The van der Waals surface area contributed by atoms with Gasteiger partial charge in [-0.3, -0.25) is 9.59 Å². The molecule has 0 saturated heterocycles. The fourth-order valence-corrected chi connectivity index (χ4v) is 0.0620. The van der Waals surface area contributed by atoms with Crippen LogP contribution in [-0.2, 0) is 23.9 Å². The van der Waals surface area contributed by atoms with Crippen LogP contribution in [0, 0.1) is 23.9 Å². The molecule has 0 aliphatic rings. The average molecular weight is 427 g/mol. The molecule has 0 aromatic heterocycles. The molecule has 0 rings (SSSR count). The Kier molecular flexibility index (Phi) is 343. The number of terminal acetylenes is 1. The minimum Gasteiger partial charge on any atom is -0.398 e. The Morgan fingerprint density at radius 2 is 1.15 bits per heavy atom. The minimum absolute atomic E-state index is 0. The largest absolute Gasteiger partial charge is 0.398 e. The van der Waals surface area contributed by atoms with Gasteiger partial charge in [0.2, 0.25) is 0 Å². The SMILES string of the molecule is C.C#C.C=C.C=CC=C.CC(C)[NH3+].N=N.O=CCC=O.O=COC=O.SS. The summed E-state index contributed by atoms with van der Waals surface area (Å²) < 4.78 is 3.47. The molecule has 0 fully saturated rings. The summed E-state index contributed by atoms with van der Waals surface area (Å²) in [5.74, 6) is 0. The van der Waals surface area contributed by atoms with Crippen molar-refractivity contribution in [3.8, 4) is 12.8 Å². The van der Waals surface area contributed by atoms with Crippen molar-refractivity contribution in [1.29, 1.82) is 11.1 Å². The lowest BCUT2D eigenvalue weighted by atomic mass is 10.5. The highest BCUT2D eigenvalue weighted by Crippen LogP contribution is 1.65. The Labute approximate surface area is 174 Å². The van der Waals surface area contributed by atoms with Crippen LogP contribution in [0.1, 0.15) is 27.7 Å². The van der Waals surface area contributed by atoms with Gasteiger partial charge in [-0.25, -0.2) is 11.1 Å². The summed E-state index contributed by atoms with van der Waals surface area (Å²) in [6, 6.07) is 0.583. The summed E-state index contributed by atoms with van der Waals surface area (Å²) >= 11 is 6.44. The molecule has 8 nitrogen and oxygen atoms in total. The van der Waals surface area contributed by atoms with Crippen LogP contribution in [0.25, 0.3) is 0 Å². The summed E-state index contributed by atoms with van der Waals surface area (Å²) in [5, 5.41) is 0. The van der Waals surface area contributed by atoms with E-state index >= 15 is 0 Å². The molecule has 0 amide bonds. The van der Waals surface area contributed by atoms with Gasteiger partial charge in [-0.2, -0.15) is 0 Å². The smallest absolute Gasteiger partial charge is 0.300 e. The zero-order chi connectivity index (χ0) is 23.2. The molecule has 0 spiro atoms. The predicted octanol–water partition coefficient (Wildman–Crippen LogP) is 3.13. The van der Waals surface area contributed by atoms with E-state index in [1.807, 2.05) is 0 Å². The predicted molar refractivity (Wildman–Crippen MR) is 120 cm³/mol. The number of carbonyl (C=O) groups excluding carboxylic acids is 4. The first-order valence-corrected chi connectivity index (χ1v) is 7.83. The van der Waals surface area contributed by atoms with Crippen LogP contribution in [-0.4, -0.2) is 31.6 Å². The molecule has 0 aliphatic heterocycles. The summed E-state index contributed by atoms with van der Waals surface area (Å²) in [6.45, 7) is 17.0. The highest BCUT2D eigenvalue weighted by atomic mass is 33.1. The zero-order valence-electron chi connectivity index (χ0n) is 15.4. The fraction of sp³-hybridized carbons (Fsp3) is 0.294. The number of aldehydes is 2. The van der Waals surface area contributed by atoms with Crippen LogP contribution in [0.4, 0.5) is 0 Å². The monoisotopic (exact) mass is 426 g/mol. The second-order valence-corrected chi connectivity index (χ2v) is 2.76. The lowest BCUT2D eigenvalue weighted by molar-refractivity contribution is -0.407. The van der Waals surface area contributed by atoms with Crippen molar-refractivity contribution >= 4 is 48.8 Å². The van der Waals surface area contributed by atoms with E-state index in [2.05, 4.69) is 86.8 Å². The molecule has 0 aliphatic carbocycles. The second kappa shape index (κ2) is 164. The van der Waals surface area contributed by atoms with E-state index < -0.39 is 0 Å². The number of allylic oxidation sites excluding steroid dienone is 2.